The Kier molecular flexibility index (Phi) is 3.08. The zero-order valence-electron chi connectivity index (χ0n) is 9.63. The molecule has 1 aromatic heterocycles. The summed E-state index contributed by atoms with van der Waals surface area (Å²) in [5.74, 6) is -0.917. The van der Waals surface area contributed by atoms with Crippen LogP contribution in [-0.2, 0) is 0 Å². The summed E-state index contributed by atoms with van der Waals surface area (Å²) in [6.45, 7) is 0. The number of rotatable bonds is 2. The van der Waals surface area contributed by atoms with Gasteiger partial charge >= 0.3 is 5.97 Å². The van der Waals surface area contributed by atoms with Crippen LogP contribution in [0.25, 0.3) is 20.8 Å². The Morgan fingerprint density at radius 1 is 1.16 bits per heavy atom. The van der Waals surface area contributed by atoms with Crippen LogP contribution in [-0.4, -0.2) is 16.1 Å². The molecule has 94 valence electrons. The number of benzene rings is 2. The number of nitrogens with zero attached hydrogens (tertiary/aromatic N) is 1. The van der Waals surface area contributed by atoms with Gasteiger partial charge in [0.1, 0.15) is 5.01 Å². The third-order valence-corrected chi connectivity index (χ3v) is 4.29. The van der Waals surface area contributed by atoms with Crippen LogP contribution in [0.3, 0.4) is 0 Å². The third-order valence-electron chi connectivity index (χ3n) is 2.73. The fourth-order valence-corrected chi connectivity index (χ4v) is 3.30. The molecule has 0 saturated heterocycles. The van der Waals surface area contributed by atoms with Crippen LogP contribution < -0.4 is 0 Å². The third kappa shape index (κ3) is 2.39. The summed E-state index contributed by atoms with van der Waals surface area (Å²) in [7, 11) is 0. The molecular formula is C14H8BrNO2S. The molecule has 3 rings (SSSR count). The maximum absolute atomic E-state index is 10.8. The SMILES string of the molecule is O=C(O)c1ccc(-c2nc3ccc(Br)cc3s2)cc1. The molecule has 19 heavy (non-hydrogen) atoms. The number of carboxylic acid groups (broad SMARTS) is 1. The van der Waals surface area contributed by atoms with Crippen molar-refractivity contribution in [3.05, 3.63) is 52.5 Å². The Bertz CT molecular complexity index is 765. The summed E-state index contributed by atoms with van der Waals surface area (Å²) >= 11 is 5.03. The molecule has 3 nitrogen and oxygen atoms in total. The summed E-state index contributed by atoms with van der Waals surface area (Å²) < 4.78 is 2.13. The second kappa shape index (κ2) is 4.75. The van der Waals surface area contributed by atoms with E-state index in [0.29, 0.717) is 0 Å². The predicted octanol–water partition coefficient (Wildman–Crippen LogP) is 4.42. The number of carboxylic acids is 1. The highest BCUT2D eigenvalue weighted by Gasteiger charge is 2.08. The van der Waals surface area contributed by atoms with Crippen molar-refractivity contribution >= 4 is 43.5 Å². The summed E-state index contributed by atoms with van der Waals surface area (Å²) in [6, 6.07) is 12.7. The fourth-order valence-electron chi connectivity index (χ4n) is 1.78. The maximum Gasteiger partial charge on any atom is 0.335 e. The lowest BCUT2D eigenvalue weighted by molar-refractivity contribution is 0.0697. The van der Waals surface area contributed by atoms with E-state index in [9.17, 15) is 4.79 Å². The van der Waals surface area contributed by atoms with E-state index in [2.05, 4.69) is 20.9 Å². The molecule has 0 aliphatic rings. The van der Waals surface area contributed by atoms with E-state index in [-0.39, 0.29) is 5.56 Å². The van der Waals surface area contributed by atoms with Crippen molar-refractivity contribution < 1.29 is 9.90 Å². The minimum absolute atomic E-state index is 0.285. The van der Waals surface area contributed by atoms with E-state index in [1.807, 2.05) is 18.2 Å². The molecular weight excluding hydrogens is 326 g/mol. The minimum Gasteiger partial charge on any atom is -0.478 e. The van der Waals surface area contributed by atoms with Crippen molar-refractivity contribution in [2.75, 3.05) is 0 Å². The van der Waals surface area contributed by atoms with Crippen molar-refractivity contribution in [1.82, 2.24) is 4.98 Å². The van der Waals surface area contributed by atoms with Crippen LogP contribution in [0, 0.1) is 0 Å². The van der Waals surface area contributed by atoms with Gasteiger partial charge in [-0.15, -0.1) is 11.3 Å². The molecule has 0 radical (unpaired) electrons. The number of halogens is 1. The second-order valence-electron chi connectivity index (χ2n) is 4.01. The smallest absolute Gasteiger partial charge is 0.335 e. The molecule has 0 aliphatic carbocycles. The first-order valence-electron chi connectivity index (χ1n) is 5.53. The van der Waals surface area contributed by atoms with Gasteiger partial charge in [0.15, 0.2) is 0 Å². The average Bonchev–Trinajstić information content (AvgIpc) is 2.81. The fraction of sp³-hybridized carbons (Fsp3) is 0. The highest BCUT2D eigenvalue weighted by molar-refractivity contribution is 9.10. The normalized spacial score (nSPS) is 10.8. The van der Waals surface area contributed by atoms with Crippen LogP contribution in [0.2, 0.25) is 0 Å². The Morgan fingerprint density at radius 2 is 1.89 bits per heavy atom. The van der Waals surface area contributed by atoms with Gasteiger partial charge in [-0.05, 0) is 30.3 Å². The average molecular weight is 334 g/mol. The molecule has 0 saturated carbocycles. The predicted molar refractivity (Wildman–Crippen MR) is 79.7 cm³/mol. The first-order chi connectivity index (χ1) is 9.13. The van der Waals surface area contributed by atoms with Crippen LogP contribution in [0.15, 0.2) is 46.9 Å². The molecule has 1 N–H and O–H groups in total. The van der Waals surface area contributed by atoms with E-state index in [0.717, 1.165) is 25.3 Å². The van der Waals surface area contributed by atoms with E-state index < -0.39 is 5.97 Å². The largest absolute Gasteiger partial charge is 0.478 e. The van der Waals surface area contributed by atoms with Crippen molar-refractivity contribution in [2.45, 2.75) is 0 Å². The molecule has 5 heteroatoms. The van der Waals surface area contributed by atoms with Gasteiger partial charge in [0.2, 0.25) is 0 Å². The minimum atomic E-state index is -0.917. The molecule has 0 spiro atoms. The zero-order valence-corrected chi connectivity index (χ0v) is 12.0. The Labute approximate surface area is 121 Å². The summed E-state index contributed by atoms with van der Waals surface area (Å²) in [5, 5.41) is 9.77. The Morgan fingerprint density at radius 3 is 2.58 bits per heavy atom. The lowest BCUT2D eigenvalue weighted by atomic mass is 10.1. The van der Waals surface area contributed by atoms with Crippen molar-refractivity contribution in [3.63, 3.8) is 0 Å². The molecule has 0 atom stereocenters. The highest BCUT2D eigenvalue weighted by Crippen LogP contribution is 2.31. The van der Waals surface area contributed by atoms with Crippen molar-refractivity contribution in [1.29, 1.82) is 0 Å². The van der Waals surface area contributed by atoms with E-state index in [1.54, 1.807) is 35.6 Å². The molecule has 0 bridgehead atoms. The standard InChI is InChI=1S/C14H8BrNO2S/c15-10-5-6-11-12(7-10)19-13(16-11)8-1-3-9(4-2-8)14(17)18/h1-7H,(H,17,18). The van der Waals surface area contributed by atoms with Gasteiger partial charge in [-0.25, -0.2) is 9.78 Å². The van der Waals surface area contributed by atoms with Gasteiger partial charge in [0.05, 0.1) is 15.8 Å². The molecule has 0 fully saturated rings. The van der Waals surface area contributed by atoms with Crippen LogP contribution >= 0.6 is 27.3 Å². The van der Waals surface area contributed by atoms with E-state index in [4.69, 9.17) is 5.11 Å². The van der Waals surface area contributed by atoms with Gasteiger partial charge in [-0.2, -0.15) is 0 Å². The highest BCUT2D eigenvalue weighted by atomic mass is 79.9. The first kappa shape index (κ1) is 12.3. The Balaban J connectivity index is 2.06. The summed E-state index contributed by atoms with van der Waals surface area (Å²) in [4.78, 5) is 15.4. The number of fused-ring (bicyclic) bond motifs is 1. The van der Waals surface area contributed by atoms with Crippen LogP contribution in [0.1, 0.15) is 10.4 Å². The number of thiazole rings is 1. The van der Waals surface area contributed by atoms with E-state index in [1.165, 1.54) is 0 Å². The quantitative estimate of drug-likeness (QED) is 0.754. The van der Waals surface area contributed by atoms with Crippen molar-refractivity contribution in [3.8, 4) is 10.6 Å². The summed E-state index contributed by atoms with van der Waals surface area (Å²) in [6.07, 6.45) is 0. The molecule has 2 aromatic carbocycles. The zero-order chi connectivity index (χ0) is 13.4. The number of hydrogen-bond donors (Lipinski definition) is 1. The first-order valence-corrected chi connectivity index (χ1v) is 7.14. The molecule has 0 unspecified atom stereocenters. The molecule has 1 heterocycles. The van der Waals surface area contributed by atoms with Crippen LogP contribution in [0.5, 0.6) is 0 Å². The number of aromatic nitrogens is 1. The van der Waals surface area contributed by atoms with Gasteiger partial charge in [-0.3, -0.25) is 0 Å². The lowest BCUT2D eigenvalue weighted by Crippen LogP contribution is -1.94. The second-order valence-corrected chi connectivity index (χ2v) is 5.96. The number of aromatic carboxylic acids is 1. The number of hydrogen-bond acceptors (Lipinski definition) is 3. The van der Waals surface area contributed by atoms with E-state index >= 15 is 0 Å². The monoisotopic (exact) mass is 333 g/mol. The summed E-state index contributed by atoms with van der Waals surface area (Å²) in [5.41, 5.74) is 2.17. The van der Waals surface area contributed by atoms with Crippen molar-refractivity contribution in [2.24, 2.45) is 0 Å². The molecule has 0 amide bonds. The van der Waals surface area contributed by atoms with Crippen LogP contribution in [0.4, 0.5) is 0 Å². The Hall–Kier alpha value is -1.72. The lowest BCUT2D eigenvalue weighted by Gasteiger charge is -1.97. The van der Waals surface area contributed by atoms with Gasteiger partial charge in [0.25, 0.3) is 0 Å². The topological polar surface area (TPSA) is 50.2 Å². The number of carbonyl (C=O) groups is 1. The molecule has 3 aromatic rings. The maximum atomic E-state index is 10.8. The molecule has 0 aliphatic heterocycles. The van der Waals surface area contributed by atoms with Gasteiger partial charge in [0, 0.05) is 10.0 Å². The van der Waals surface area contributed by atoms with Gasteiger partial charge in [-0.1, -0.05) is 28.1 Å². The van der Waals surface area contributed by atoms with Gasteiger partial charge < -0.3 is 5.11 Å².